The summed E-state index contributed by atoms with van der Waals surface area (Å²) >= 11 is 2.99. The molecule has 0 fully saturated rings. The summed E-state index contributed by atoms with van der Waals surface area (Å²) in [5.74, 6) is 1.47. The van der Waals surface area contributed by atoms with Crippen LogP contribution in [0.1, 0.15) is 23.8 Å². The first-order chi connectivity index (χ1) is 11.2. The average molecular weight is 349 g/mol. The minimum atomic E-state index is -0.0739. The average Bonchev–Trinajstić information content (AvgIpc) is 3.16. The highest BCUT2D eigenvalue weighted by Gasteiger charge is 2.21. The van der Waals surface area contributed by atoms with Crippen molar-refractivity contribution in [3.8, 4) is 10.8 Å². The molecule has 1 atom stereocenters. The predicted octanol–water partition coefficient (Wildman–Crippen LogP) is 3.32. The molecule has 0 spiro atoms. The van der Waals surface area contributed by atoms with Gasteiger partial charge < -0.3 is 9.73 Å². The van der Waals surface area contributed by atoms with Crippen molar-refractivity contribution in [1.29, 1.82) is 0 Å². The molecule has 1 N–H and O–H groups in total. The summed E-state index contributed by atoms with van der Waals surface area (Å²) in [5, 5.41) is 11.3. The third-order valence-electron chi connectivity index (χ3n) is 3.72. The molecule has 0 saturated carbocycles. The summed E-state index contributed by atoms with van der Waals surface area (Å²) in [4.78, 5) is 14.0. The van der Waals surface area contributed by atoms with Gasteiger partial charge in [-0.2, -0.15) is 0 Å². The Hall–Kier alpha value is -1.60. The van der Waals surface area contributed by atoms with E-state index in [1.807, 2.05) is 0 Å². The van der Waals surface area contributed by atoms with Crippen LogP contribution in [0.2, 0.25) is 0 Å². The number of amides is 1. The normalized spacial score (nSPS) is 16.8. The van der Waals surface area contributed by atoms with Gasteiger partial charge in [-0.25, -0.2) is 0 Å². The second-order valence-corrected chi connectivity index (χ2v) is 7.72. The third kappa shape index (κ3) is 4.03. The van der Waals surface area contributed by atoms with Gasteiger partial charge in [0.1, 0.15) is 0 Å². The molecule has 0 aromatic carbocycles. The van der Waals surface area contributed by atoms with E-state index in [9.17, 15) is 4.79 Å². The largest absolute Gasteiger partial charge is 0.410 e. The zero-order chi connectivity index (χ0) is 16.2. The van der Waals surface area contributed by atoms with E-state index < -0.39 is 0 Å². The maximum atomic E-state index is 11.5. The summed E-state index contributed by atoms with van der Waals surface area (Å²) < 4.78 is 5.68. The Kier molecular flexibility index (Phi) is 5.17. The number of fused-ring (bicyclic) bond motifs is 1. The molecule has 1 aliphatic carbocycles. The molecule has 2 aromatic heterocycles. The number of hydrogen-bond donors (Lipinski definition) is 1. The molecule has 1 aliphatic rings. The molecule has 1 unspecified atom stereocenters. The Bertz CT molecular complexity index is 708. The molecule has 1 amide bonds. The summed E-state index contributed by atoms with van der Waals surface area (Å²) in [6.45, 7) is 6.32. The van der Waals surface area contributed by atoms with Crippen LogP contribution >= 0.6 is 23.1 Å². The second kappa shape index (κ2) is 7.31. The van der Waals surface area contributed by atoms with Crippen LogP contribution in [-0.4, -0.2) is 28.4 Å². The first kappa shape index (κ1) is 16.3. The first-order valence-electron chi connectivity index (χ1n) is 7.61. The number of thioether (sulfide) groups is 1. The van der Waals surface area contributed by atoms with E-state index in [4.69, 9.17) is 4.42 Å². The Balaban J connectivity index is 1.63. The molecule has 0 saturated heterocycles. The van der Waals surface area contributed by atoms with E-state index in [-0.39, 0.29) is 11.7 Å². The summed E-state index contributed by atoms with van der Waals surface area (Å²) in [6.07, 6.45) is 5.16. The molecule has 3 rings (SSSR count). The van der Waals surface area contributed by atoms with Gasteiger partial charge in [-0.1, -0.05) is 24.8 Å². The topological polar surface area (TPSA) is 68.0 Å². The van der Waals surface area contributed by atoms with Gasteiger partial charge in [0.15, 0.2) is 0 Å². The van der Waals surface area contributed by atoms with E-state index in [2.05, 4.69) is 35.1 Å². The van der Waals surface area contributed by atoms with Gasteiger partial charge in [-0.05, 0) is 36.8 Å². The molecular weight excluding hydrogens is 330 g/mol. The maximum Gasteiger partial charge on any atom is 0.277 e. The van der Waals surface area contributed by atoms with Gasteiger partial charge in [0, 0.05) is 11.4 Å². The lowest BCUT2D eigenvalue weighted by atomic mass is 9.90. The molecule has 23 heavy (non-hydrogen) atoms. The van der Waals surface area contributed by atoms with E-state index in [1.54, 1.807) is 17.4 Å². The van der Waals surface area contributed by atoms with Crippen molar-refractivity contribution in [3.63, 3.8) is 0 Å². The molecule has 2 aromatic rings. The van der Waals surface area contributed by atoms with E-state index in [1.165, 1.54) is 28.6 Å². The number of nitrogens with one attached hydrogen (secondary N) is 1. The summed E-state index contributed by atoms with van der Waals surface area (Å²) in [7, 11) is 0. The molecular formula is C16H19N3O2S2. The van der Waals surface area contributed by atoms with E-state index in [0.29, 0.717) is 17.7 Å². The van der Waals surface area contributed by atoms with Crippen molar-refractivity contribution in [2.24, 2.45) is 5.92 Å². The van der Waals surface area contributed by atoms with Crippen molar-refractivity contribution in [2.75, 3.05) is 12.3 Å². The lowest BCUT2D eigenvalue weighted by molar-refractivity contribution is -0.118. The summed E-state index contributed by atoms with van der Waals surface area (Å²) in [5.41, 5.74) is 1.42. The molecule has 122 valence electrons. The minimum Gasteiger partial charge on any atom is -0.410 e. The van der Waals surface area contributed by atoms with Crippen LogP contribution in [0.15, 0.2) is 28.4 Å². The quantitative estimate of drug-likeness (QED) is 0.640. The number of carbonyl (C=O) groups is 1. The molecule has 7 heteroatoms. The molecule has 0 bridgehead atoms. The van der Waals surface area contributed by atoms with Crippen LogP contribution in [-0.2, 0) is 17.6 Å². The van der Waals surface area contributed by atoms with Crippen molar-refractivity contribution in [2.45, 2.75) is 31.4 Å². The number of rotatable bonds is 6. The molecule has 5 nitrogen and oxygen atoms in total. The van der Waals surface area contributed by atoms with Crippen molar-refractivity contribution in [1.82, 2.24) is 15.5 Å². The lowest BCUT2D eigenvalue weighted by Gasteiger charge is -2.16. The smallest absolute Gasteiger partial charge is 0.277 e. The standard InChI is InChI=1S/C16H19N3O2S2/c1-3-6-17-14(20)9-22-16-19-18-15(21-16)13-8-11-7-10(2)4-5-12(11)23-13/h3,8,10H,1,4-7,9H2,2H3,(H,17,20). The zero-order valence-corrected chi connectivity index (χ0v) is 14.6. The Morgan fingerprint density at radius 2 is 2.48 bits per heavy atom. The zero-order valence-electron chi connectivity index (χ0n) is 13.0. The molecule has 0 radical (unpaired) electrons. The first-order valence-corrected chi connectivity index (χ1v) is 9.41. The van der Waals surface area contributed by atoms with Crippen molar-refractivity contribution >= 4 is 29.0 Å². The maximum absolute atomic E-state index is 11.5. The van der Waals surface area contributed by atoms with E-state index >= 15 is 0 Å². The second-order valence-electron chi connectivity index (χ2n) is 5.66. The number of carbonyl (C=O) groups excluding carboxylic acids is 1. The molecule has 2 heterocycles. The number of thiophene rings is 1. The van der Waals surface area contributed by atoms with Gasteiger partial charge in [0.25, 0.3) is 11.1 Å². The SMILES string of the molecule is C=CCNC(=O)CSc1nnc(-c2cc3c(s2)CCC(C)C3)o1. The van der Waals surface area contributed by atoms with Crippen LogP contribution in [0, 0.1) is 5.92 Å². The van der Waals surface area contributed by atoms with Crippen LogP contribution in [0.5, 0.6) is 0 Å². The highest BCUT2D eigenvalue weighted by molar-refractivity contribution is 7.99. The fraction of sp³-hybridized carbons (Fsp3) is 0.438. The third-order valence-corrected chi connectivity index (χ3v) is 5.76. The fourth-order valence-electron chi connectivity index (χ4n) is 2.54. The Labute approximate surface area is 143 Å². The van der Waals surface area contributed by atoms with Crippen LogP contribution < -0.4 is 5.32 Å². The summed E-state index contributed by atoms with van der Waals surface area (Å²) in [6, 6.07) is 2.18. The van der Waals surface area contributed by atoms with Gasteiger partial charge in [-0.15, -0.1) is 28.1 Å². The molecule has 0 aliphatic heterocycles. The van der Waals surface area contributed by atoms with Gasteiger partial charge in [0.2, 0.25) is 5.91 Å². The van der Waals surface area contributed by atoms with Gasteiger partial charge in [0.05, 0.1) is 10.6 Å². The number of aromatic nitrogens is 2. The minimum absolute atomic E-state index is 0.0739. The van der Waals surface area contributed by atoms with Gasteiger partial charge >= 0.3 is 0 Å². The Morgan fingerprint density at radius 3 is 3.30 bits per heavy atom. The predicted molar refractivity (Wildman–Crippen MR) is 92.7 cm³/mol. The highest BCUT2D eigenvalue weighted by Crippen LogP contribution is 2.37. The highest BCUT2D eigenvalue weighted by atomic mass is 32.2. The Morgan fingerprint density at radius 1 is 1.61 bits per heavy atom. The van der Waals surface area contributed by atoms with Crippen LogP contribution in [0.4, 0.5) is 0 Å². The van der Waals surface area contributed by atoms with Crippen molar-refractivity contribution in [3.05, 3.63) is 29.2 Å². The van der Waals surface area contributed by atoms with Crippen molar-refractivity contribution < 1.29 is 9.21 Å². The lowest BCUT2D eigenvalue weighted by Crippen LogP contribution is -2.24. The monoisotopic (exact) mass is 349 g/mol. The van der Waals surface area contributed by atoms with E-state index in [0.717, 1.165) is 23.6 Å². The van der Waals surface area contributed by atoms with Crippen LogP contribution in [0.3, 0.4) is 0 Å². The number of nitrogens with zero attached hydrogens (tertiary/aromatic N) is 2. The number of hydrogen-bond acceptors (Lipinski definition) is 6. The van der Waals surface area contributed by atoms with Crippen LogP contribution in [0.25, 0.3) is 10.8 Å². The number of aryl methyl sites for hydroxylation is 1. The van der Waals surface area contributed by atoms with Gasteiger partial charge in [-0.3, -0.25) is 4.79 Å². The fourth-order valence-corrected chi connectivity index (χ4v) is 4.27.